The summed E-state index contributed by atoms with van der Waals surface area (Å²) in [7, 11) is 1.44. The average Bonchev–Trinajstić information content (AvgIpc) is 2.54. The molecular formula is C16H22N2O5. The predicted octanol–water partition coefficient (Wildman–Crippen LogP) is 2.68. The number of nitro benzene ring substituents is 1. The second-order valence-corrected chi connectivity index (χ2v) is 5.82. The number of carbonyl (C=O) groups is 1. The van der Waals surface area contributed by atoms with Crippen LogP contribution in [0.25, 0.3) is 0 Å². The number of non-ortho nitro benzene ring substituents is 1. The maximum Gasteiger partial charge on any atom is 0.273 e. The highest BCUT2D eigenvalue weighted by Gasteiger charge is 2.23. The molecule has 1 aliphatic rings. The van der Waals surface area contributed by atoms with E-state index in [1.165, 1.54) is 31.7 Å². The molecule has 0 saturated heterocycles. The standard InChI is InChI=1S/C16H22N2O5/c1-11-5-3-4-6-13(11)17-16(19)10-23-15-9-12(18(20)21)7-8-14(15)22-2/h7-9,11,13H,3-6,10H2,1-2H3,(H,17,19)/t11-,13+/m1/s1. The highest BCUT2D eigenvalue weighted by atomic mass is 16.6. The molecule has 0 unspecified atom stereocenters. The Labute approximate surface area is 135 Å². The van der Waals surface area contributed by atoms with Gasteiger partial charge in [-0.25, -0.2) is 0 Å². The number of carbonyl (C=O) groups excluding carboxylic acids is 1. The monoisotopic (exact) mass is 322 g/mol. The van der Waals surface area contributed by atoms with Crippen LogP contribution in [-0.4, -0.2) is 30.6 Å². The summed E-state index contributed by atoms with van der Waals surface area (Å²) >= 11 is 0. The van der Waals surface area contributed by atoms with Crippen molar-refractivity contribution < 1.29 is 19.2 Å². The zero-order chi connectivity index (χ0) is 16.8. The lowest BCUT2D eigenvalue weighted by Crippen LogP contribution is -2.43. The van der Waals surface area contributed by atoms with Crippen molar-refractivity contribution in [3.05, 3.63) is 28.3 Å². The molecule has 7 heteroatoms. The largest absolute Gasteiger partial charge is 0.493 e. The quantitative estimate of drug-likeness (QED) is 0.642. The first-order valence-electron chi connectivity index (χ1n) is 7.76. The van der Waals surface area contributed by atoms with Gasteiger partial charge in [0.25, 0.3) is 11.6 Å². The van der Waals surface area contributed by atoms with Gasteiger partial charge < -0.3 is 14.8 Å². The Balaban J connectivity index is 1.95. The second-order valence-electron chi connectivity index (χ2n) is 5.82. The third-order valence-corrected chi connectivity index (χ3v) is 4.17. The number of hydrogen-bond acceptors (Lipinski definition) is 5. The van der Waals surface area contributed by atoms with E-state index >= 15 is 0 Å². The molecule has 0 aliphatic heterocycles. The summed E-state index contributed by atoms with van der Waals surface area (Å²) in [5.74, 6) is 0.778. The molecule has 126 valence electrons. The van der Waals surface area contributed by atoms with Crippen molar-refractivity contribution in [3.8, 4) is 11.5 Å². The van der Waals surface area contributed by atoms with Gasteiger partial charge in [-0.3, -0.25) is 14.9 Å². The summed E-state index contributed by atoms with van der Waals surface area (Å²) < 4.78 is 10.5. The fraction of sp³-hybridized carbons (Fsp3) is 0.562. The highest BCUT2D eigenvalue weighted by Crippen LogP contribution is 2.31. The Morgan fingerprint density at radius 2 is 2.09 bits per heavy atom. The minimum Gasteiger partial charge on any atom is -0.493 e. The zero-order valence-electron chi connectivity index (χ0n) is 13.4. The van der Waals surface area contributed by atoms with Crippen LogP contribution in [0.2, 0.25) is 0 Å². The molecule has 1 fully saturated rings. The van der Waals surface area contributed by atoms with E-state index in [-0.39, 0.29) is 30.0 Å². The maximum atomic E-state index is 12.0. The third-order valence-electron chi connectivity index (χ3n) is 4.17. The van der Waals surface area contributed by atoms with Crippen LogP contribution in [0.5, 0.6) is 11.5 Å². The van der Waals surface area contributed by atoms with Crippen molar-refractivity contribution in [2.24, 2.45) is 5.92 Å². The zero-order valence-corrected chi connectivity index (χ0v) is 13.4. The van der Waals surface area contributed by atoms with E-state index in [2.05, 4.69) is 12.2 Å². The maximum absolute atomic E-state index is 12.0. The predicted molar refractivity (Wildman–Crippen MR) is 84.7 cm³/mol. The molecule has 7 nitrogen and oxygen atoms in total. The Morgan fingerprint density at radius 3 is 2.74 bits per heavy atom. The van der Waals surface area contributed by atoms with Gasteiger partial charge in [0, 0.05) is 12.1 Å². The molecule has 0 heterocycles. The molecule has 0 spiro atoms. The smallest absolute Gasteiger partial charge is 0.273 e. The van der Waals surface area contributed by atoms with Crippen LogP contribution < -0.4 is 14.8 Å². The van der Waals surface area contributed by atoms with Crippen LogP contribution in [0.3, 0.4) is 0 Å². The first kappa shape index (κ1) is 17.1. The second kappa shape index (κ2) is 7.80. The van der Waals surface area contributed by atoms with E-state index in [1.54, 1.807) is 0 Å². The van der Waals surface area contributed by atoms with Gasteiger partial charge in [-0.05, 0) is 24.8 Å². The minimum atomic E-state index is -0.518. The van der Waals surface area contributed by atoms with Crippen molar-refractivity contribution >= 4 is 11.6 Å². The lowest BCUT2D eigenvalue weighted by atomic mass is 9.86. The normalized spacial score (nSPS) is 20.6. The van der Waals surface area contributed by atoms with E-state index in [0.29, 0.717) is 11.7 Å². The Morgan fingerprint density at radius 1 is 1.35 bits per heavy atom. The van der Waals surface area contributed by atoms with Crippen LogP contribution in [0.15, 0.2) is 18.2 Å². The molecule has 1 saturated carbocycles. The molecule has 1 aliphatic carbocycles. The molecular weight excluding hydrogens is 300 g/mol. The summed E-state index contributed by atoms with van der Waals surface area (Å²) in [6, 6.07) is 4.21. The summed E-state index contributed by atoms with van der Waals surface area (Å²) in [6.45, 7) is 1.94. The SMILES string of the molecule is COc1ccc([N+](=O)[O-])cc1OCC(=O)N[C@H]1CCCC[C@H]1C. The first-order valence-corrected chi connectivity index (χ1v) is 7.76. The van der Waals surface area contributed by atoms with E-state index in [0.717, 1.165) is 19.3 Å². The molecule has 1 aromatic carbocycles. The van der Waals surface area contributed by atoms with Crippen molar-refractivity contribution in [1.82, 2.24) is 5.32 Å². The molecule has 1 aromatic rings. The van der Waals surface area contributed by atoms with Gasteiger partial charge in [0.2, 0.25) is 0 Å². The van der Waals surface area contributed by atoms with Crippen LogP contribution >= 0.6 is 0 Å². The lowest BCUT2D eigenvalue weighted by molar-refractivity contribution is -0.385. The van der Waals surface area contributed by atoms with Gasteiger partial charge in [0.1, 0.15) is 0 Å². The van der Waals surface area contributed by atoms with E-state index < -0.39 is 4.92 Å². The van der Waals surface area contributed by atoms with E-state index in [1.807, 2.05) is 0 Å². The van der Waals surface area contributed by atoms with Crippen LogP contribution in [0, 0.1) is 16.0 Å². The first-order chi connectivity index (χ1) is 11.0. The minimum absolute atomic E-state index is 0.109. The molecule has 0 radical (unpaired) electrons. The number of rotatable bonds is 6. The number of hydrogen-bond donors (Lipinski definition) is 1. The molecule has 0 aromatic heterocycles. The number of benzene rings is 1. The molecule has 1 amide bonds. The third kappa shape index (κ3) is 4.58. The van der Waals surface area contributed by atoms with Gasteiger partial charge >= 0.3 is 0 Å². The van der Waals surface area contributed by atoms with E-state index in [9.17, 15) is 14.9 Å². The van der Waals surface area contributed by atoms with Crippen LogP contribution in [-0.2, 0) is 4.79 Å². The number of ether oxygens (including phenoxy) is 2. The van der Waals surface area contributed by atoms with Crippen molar-refractivity contribution in [3.63, 3.8) is 0 Å². The summed E-state index contributed by atoms with van der Waals surface area (Å²) in [5, 5.41) is 13.8. The van der Waals surface area contributed by atoms with Crippen LogP contribution in [0.4, 0.5) is 5.69 Å². The number of nitro groups is 1. The van der Waals surface area contributed by atoms with Crippen molar-refractivity contribution in [2.45, 2.75) is 38.6 Å². The Hall–Kier alpha value is -2.31. The lowest BCUT2D eigenvalue weighted by Gasteiger charge is -2.29. The number of nitrogens with zero attached hydrogens (tertiary/aromatic N) is 1. The van der Waals surface area contributed by atoms with E-state index in [4.69, 9.17) is 9.47 Å². The summed E-state index contributed by atoms with van der Waals surface area (Å²) in [5.41, 5.74) is -0.109. The van der Waals surface area contributed by atoms with Gasteiger partial charge in [0.15, 0.2) is 18.1 Å². The van der Waals surface area contributed by atoms with Gasteiger partial charge in [-0.1, -0.05) is 19.8 Å². The highest BCUT2D eigenvalue weighted by molar-refractivity contribution is 5.78. The number of methoxy groups -OCH3 is 1. The van der Waals surface area contributed by atoms with Crippen molar-refractivity contribution in [2.75, 3.05) is 13.7 Å². The Kier molecular flexibility index (Phi) is 5.78. The Bertz CT molecular complexity index is 576. The molecule has 0 bridgehead atoms. The topological polar surface area (TPSA) is 90.7 Å². The molecule has 2 atom stereocenters. The van der Waals surface area contributed by atoms with Gasteiger partial charge in [-0.2, -0.15) is 0 Å². The van der Waals surface area contributed by atoms with Gasteiger partial charge in [-0.15, -0.1) is 0 Å². The van der Waals surface area contributed by atoms with Gasteiger partial charge in [0.05, 0.1) is 18.1 Å². The molecule has 2 rings (SSSR count). The molecule has 23 heavy (non-hydrogen) atoms. The van der Waals surface area contributed by atoms with Crippen molar-refractivity contribution in [1.29, 1.82) is 0 Å². The average molecular weight is 322 g/mol. The van der Waals surface area contributed by atoms with Crippen LogP contribution in [0.1, 0.15) is 32.6 Å². The fourth-order valence-electron chi connectivity index (χ4n) is 2.81. The number of nitrogens with one attached hydrogen (secondary N) is 1. The molecule has 1 N–H and O–H groups in total. The number of amides is 1. The fourth-order valence-corrected chi connectivity index (χ4v) is 2.81. The summed E-state index contributed by atoms with van der Waals surface area (Å²) in [4.78, 5) is 22.3. The summed E-state index contributed by atoms with van der Waals surface area (Å²) in [6.07, 6.45) is 4.42.